The SMILES string of the molecule is CCCn1c(=O)c2ccccc2n2c(=O)n(Cc3ccccc3Cl)nc12. The summed E-state index contributed by atoms with van der Waals surface area (Å²) in [6, 6.07) is 14.4. The molecule has 0 unspecified atom stereocenters. The third-order valence-electron chi connectivity index (χ3n) is 4.41. The number of para-hydroxylation sites is 1. The zero-order valence-electron chi connectivity index (χ0n) is 14.2. The third-order valence-corrected chi connectivity index (χ3v) is 4.78. The van der Waals surface area contributed by atoms with Crippen LogP contribution in [0.15, 0.2) is 58.1 Å². The van der Waals surface area contributed by atoms with Crippen LogP contribution in [-0.4, -0.2) is 18.7 Å². The largest absolute Gasteiger partial charge is 0.352 e. The zero-order valence-corrected chi connectivity index (χ0v) is 15.0. The molecule has 0 atom stereocenters. The van der Waals surface area contributed by atoms with Gasteiger partial charge in [-0.3, -0.25) is 9.36 Å². The molecule has 0 fully saturated rings. The molecule has 0 aliphatic heterocycles. The summed E-state index contributed by atoms with van der Waals surface area (Å²) < 4.78 is 4.42. The highest BCUT2D eigenvalue weighted by atomic mass is 35.5. The highest BCUT2D eigenvalue weighted by molar-refractivity contribution is 6.31. The average molecular weight is 369 g/mol. The molecule has 4 rings (SSSR count). The van der Waals surface area contributed by atoms with Crippen molar-refractivity contribution in [2.24, 2.45) is 0 Å². The van der Waals surface area contributed by atoms with Gasteiger partial charge in [0.2, 0.25) is 5.78 Å². The molecule has 4 aromatic rings. The molecular weight excluding hydrogens is 352 g/mol. The van der Waals surface area contributed by atoms with Crippen LogP contribution in [0.4, 0.5) is 0 Å². The highest BCUT2D eigenvalue weighted by Crippen LogP contribution is 2.16. The predicted octanol–water partition coefficient (Wildman–Crippen LogP) is 2.92. The molecule has 7 heteroatoms. The fourth-order valence-electron chi connectivity index (χ4n) is 3.18. The Bertz CT molecular complexity index is 1240. The van der Waals surface area contributed by atoms with Gasteiger partial charge in [-0.15, -0.1) is 5.10 Å². The van der Waals surface area contributed by atoms with Crippen LogP contribution >= 0.6 is 11.6 Å². The number of hydrogen-bond acceptors (Lipinski definition) is 3. The van der Waals surface area contributed by atoms with Gasteiger partial charge in [0, 0.05) is 11.6 Å². The number of benzene rings is 2. The molecule has 0 aliphatic rings. The van der Waals surface area contributed by atoms with Crippen LogP contribution in [0, 0.1) is 0 Å². The monoisotopic (exact) mass is 368 g/mol. The predicted molar refractivity (Wildman–Crippen MR) is 102 cm³/mol. The lowest BCUT2D eigenvalue weighted by Gasteiger charge is -2.07. The summed E-state index contributed by atoms with van der Waals surface area (Å²) in [5, 5.41) is 5.53. The van der Waals surface area contributed by atoms with E-state index in [4.69, 9.17) is 11.6 Å². The summed E-state index contributed by atoms with van der Waals surface area (Å²) in [6.45, 7) is 2.72. The topological polar surface area (TPSA) is 61.3 Å². The van der Waals surface area contributed by atoms with E-state index < -0.39 is 0 Å². The maximum absolute atomic E-state index is 13.0. The van der Waals surface area contributed by atoms with Crippen molar-refractivity contribution in [3.05, 3.63) is 80.0 Å². The Hall–Kier alpha value is -2.86. The van der Waals surface area contributed by atoms with E-state index in [0.29, 0.717) is 28.2 Å². The molecular formula is C19H17ClN4O2. The van der Waals surface area contributed by atoms with Crippen molar-refractivity contribution in [2.45, 2.75) is 26.4 Å². The summed E-state index contributed by atoms with van der Waals surface area (Å²) in [5.41, 5.74) is 0.939. The van der Waals surface area contributed by atoms with Gasteiger partial charge in [-0.25, -0.2) is 13.9 Å². The quantitative estimate of drug-likeness (QED) is 0.556. The maximum Gasteiger partial charge on any atom is 0.352 e. The van der Waals surface area contributed by atoms with Gasteiger partial charge in [-0.05, 0) is 30.2 Å². The van der Waals surface area contributed by atoms with Gasteiger partial charge in [0.25, 0.3) is 5.56 Å². The number of fused-ring (bicyclic) bond motifs is 3. The van der Waals surface area contributed by atoms with Crippen molar-refractivity contribution < 1.29 is 0 Å². The molecule has 132 valence electrons. The Morgan fingerprint density at radius 3 is 2.54 bits per heavy atom. The molecule has 0 bridgehead atoms. The van der Waals surface area contributed by atoms with Gasteiger partial charge in [0.05, 0.1) is 17.4 Å². The Morgan fingerprint density at radius 1 is 1.04 bits per heavy atom. The van der Waals surface area contributed by atoms with Crippen molar-refractivity contribution in [1.29, 1.82) is 0 Å². The standard InChI is InChI=1S/C19H17ClN4O2/c1-2-11-22-17(25)14-8-4-6-10-16(14)24-18(22)21-23(19(24)26)12-13-7-3-5-9-15(13)20/h3-10H,2,11-12H2,1H3. The molecule has 0 saturated heterocycles. The van der Waals surface area contributed by atoms with Crippen LogP contribution in [0.25, 0.3) is 16.7 Å². The second-order valence-corrected chi connectivity index (χ2v) is 6.55. The number of aromatic nitrogens is 4. The smallest absolute Gasteiger partial charge is 0.276 e. The maximum atomic E-state index is 13.0. The Kier molecular flexibility index (Phi) is 4.12. The molecule has 26 heavy (non-hydrogen) atoms. The van der Waals surface area contributed by atoms with Crippen LogP contribution in [0.3, 0.4) is 0 Å². The van der Waals surface area contributed by atoms with Gasteiger partial charge >= 0.3 is 5.69 Å². The lowest BCUT2D eigenvalue weighted by molar-refractivity contribution is 0.639. The molecule has 2 aromatic heterocycles. The first-order chi connectivity index (χ1) is 12.6. The number of aryl methyl sites for hydroxylation is 1. The van der Waals surface area contributed by atoms with E-state index in [2.05, 4.69) is 5.10 Å². The van der Waals surface area contributed by atoms with Gasteiger partial charge in [-0.1, -0.05) is 48.9 Å². The first kappa shape index (κ1) is 16.6. The van der Waals surface area contributed by atoms with E-state index in [-0.39, 0.29) is 17.8 Å². The number of hydrogen-bond donors (Lipinski definition) is 0. The van der Waals surface area contributed by atoms with Crippen molar-refractivity contribution >= 4 is 28.3 Å². The molecule has 0 amide bonds. The first-order valence-electron chi connectivity index (χ1n) is 8.46. The molecule has 0 saturated carbocycles. The van der Waals surface area contributed by atoms with E-state index in [1.54, 1.807) is 28.8 Å². The summed E-state index contributed by atoms with van der Waals surface area (Å²) in [6.07, 6.45) is 0.763. The van der Waals surface area contributed by atoms with Crippen LogP contribution < -0.4 is 11.2 Å². The lowest BCUT2D eigenvalue weighted by atomic mass is 10.2. The molecule has 0 N–H and O–H groups in total. The number of rotatable bonds is 4. The average Bonchev–Trinajstić information content (AvgIpc) is 2.97. The molecule has 0 spiro atoms. The van der Waals surface area contributed by atoms with E-state index in [0.717, 1.165) is 12.0 Å². The van der Waals surface area contributed by atoms with Crippen molar-refractivity contribution in [3.8, 4) is 0 Å². The Balaban J connectivity index is 2.04. The van der Waals surface area contributed by atoms with E-state index in [1.165, 1.54) is 9.08 Å². The van der Waals surface area contributed by atoms with Gasteiger partial charge in [-0.2, -0.15) is 0 Å². The minimum Gasteiger partial charge on any atom is -0.276 e. The van der Waals surface area contributed by atoms with Gasteiger partial charge in [0.15, 0.2) is 0 Å². The van der Waals surface area contributed by atoms with Gasteiger partial charge in [0.1, 0.15) is 0 Å². The zero-order chi connectivity index (χ0) is 18.3. The van der Waals surface area contributed by atoms with Crippen LogP contribution in [0.2, 0.25) is 5.02 Å². The third kappa shape index (κ3) is 2.54. The van der Waals surface area contributed by atoms with E-state index in [1.807, 2.05) is 31.2 Å². The Labute approximate surface area is 153 Å². The summed E-state index contributed by atoms with van der Waals surface area (Å²) in [4.78, 5) is 25.9. The summed E-state index contributed by atoms with van der Waals surface area (Å²) in [5.74, 6) is 0.354. The summed E-state index contributed by atoms with van der Waals surface area (Å²) in [7, 11) is 0. The molecule has 6 nitrogen and oxygen atoms in total. The second kappa shape index (κ2) is 6.46. The fourth-order valence-corrected chi connectivity index (χ4v) is 3.38. The molecule has 2 aromatic carbocycles. The van der Waals surface area contributed by atoms with E-state index >= 15 is 0 Å². The van der Waals surface area contributed by atoms with Crippen LogP contribution in [0.5, 0.6) is 0 Å². The van der Waals surface area contributed by atoms with Crippen molar-refractivity contribution in [3.63, 3.8) is 0 Å². The molecule has 0 radical (unpaired) electrons. The second-order valence-electron chi connectivity index (χ2n) is 6.14. The first-order valence-corrected chi connectivity index (χ1v) is 8.84. The Morgan fingerprint density at radius 2 is 1.77 bits per heavy atom. The molecule has 2 heterocycles. The lowest BCUT2D eigenvalue weighted by Crippen LogP contribution is -2.26. The minimum absolute atomic E-state index is 0.134. The van der Waals surface area contributed by atoms with Crippen molar-refractivity contribution in [2.75, 3.05) is 0 Å². The minimum atomic E-state index is -0.291. The van der Waals surface area contributed by atoms with Crippen LogP contribution in [0.1, 0.15) is 18.9 Å². The van der Waals surface area contributed by atoms with Gasteiger partial charge < -0.3 is 0 Å². The fraction of sp³-hybridized carbons (Fsp3) is 0.211. The van der Waals surface area contributed by atoms with E-state index in [9.17, 15) is 9.59 Å². The van der Waals surface area contributed by atoms with Crippen LogP contribution in [-0.2, 0) is 13.1 Å². The molecule has 0 aliphatic carbocycles. The normalized spacial score (nSPS) is 11.5. The number of nitrogens with zero attached hydrogens (tertiary/aromatic N) is 4. The number of halogens is 1. The highest BCUT2D eigenvalue weighted by Gasteiger charge is 2.17. The summed E-state index contributed by atoms with van der Waals surface area (Å²) >= 11 is 6.22. The van der Waals surface area contributed by atoms with Crippen molar-refractivity contribution in [1.82, 2.24) is 18.7 Å².